The minimum atomic E-state index is -0.332. The third-order valence-corrected chi connectivity index (χ3v) is 5.61. The first-order chi connectivity index (χ1) is 14.0. The summed E-state index contributed by atoms with van der Waals surface area (Å²) in [6, 6.07) is 12.0. The molecule has 30 heavy (non-hydrogen) atoms. The third kappa shape index (κ3) is 4.55. The van der Waals surface area contributed by atoms with Gasteiger partial charge in [-0.05, 0) is 87.3 Å². The number of hydrogen-bond donors (Lipinski definition) is 2. The van der Waals surface area contributed by atoms with Gasteiger partial charge in [0.15, 0.2) is 0 Å². The lowest BCUT2D eigenvalue weighted by Gasteiger charge is -2.25. The van der Waals surface area contributed by atoms with Crippen LogP contribution < -0.4 is 10.6 Å². The zero-order chi connectivity index (χ0) is 20.4. The quantitative estimate of drug-likeness (QED) is 0.629. The highest BCUT2D eigenvalue weighted by molar-refractivity contribution is 6.05. The molecule has 1 aliphatic heterocycles. The zero-order valence-electron chi connectivity index (χ0n) is 17.1. The summed E-state index contributed by atoms with van der Waals surface area (Å²) in [6.07, 6.45) is 3.55. The second-order valence-corrected chi connectivity index (χ2v) is 7.61. The van der Waals surface area contributed by atoms with Crippen LogP contribution in [-0.2, 0) is 0 Å². The van der Waals surface area contributed by atoms with E-state index in [1.165, 1.54) is 23.3 Å². The highest BCUT2D eigenvalue weighted by atomic mass is 35.5. The molecule has 0 radical (unpaired) electrons. The zero-order valence-corrected chi connectivity index (χ0v) is 17.9. The van der Waals surface area contributed by atoms with Crippen molar-refractivity contribution in [3.05, 3.63) is 76.9 Å². The molecule has 158 valence electrons. The van der Waals surface area contributed by atoms with E-state index in [1.54, 1.807) is 18.3 Å². The van der Waals surface area contributed by atoms with Gasteiger partial charge in [0, 0.05) is 11.6 Å². The Morgan fingerprint density at radius 3 is 2.47 bits per heavy atom. The average molecular weight is 429 g/mol. The summed E-state index contributed by atoms with van der Waals surface area (Å²) in [7, 11) is 0. The summed E-state index contributed by atoms with van der Waals surface area (Å²) < 4.78 is 15.1. The molecular formula is C23H26ClFN4O. The molecule has 0 saturated carbocycles. The van der Waals surface area contributed by atoms with Crippen LogP contribution in [0.2, 0.25) is 0 Å². The molecule has 1 aliphatic rings. The van der Waals surface area contributed by atoms with Crippen LogP contribution in [0, 0.1) is 19.7 Å². The van der Waals surface area contributed by atoms with Crippen LogP contribution in [0.5, 0.6) is 0 Å². The molecule has 0 spiro atoms. The van der Waals surface area contributed by atoms with Gasteiger partial charge in [-0.2, -0.15) is 5.10 Å². The van der Waals surface area contributed by atoms with Gasteiger partial charge in [0.05, 0.1) is 23.1 Å². The first-order valence-electron chi connectivity index (χ1n) is 9.96. The number of anilines is 1. The van der Waals surface area contributed by atoms with Crippen LogP contribution in [-0.4, -0.2) is 28.8 Å². The number of carbonyl (C=O) groups is 1. The Bertz CT molecular complexity index is 1030. The van der Waals surface area contributed by atoms with Gasteiger partial charge in [0.1, 0.15) is 5.82 Å². The number of nitrogens with zero attached hydrogens (tertiary/aromatic N) is 2. The van der Waals surface area contributed by atoms with Crippen molar-refractivity contribution in [2.24, 2.45) is 0 Å². The molecule has 1 aromatic heterocycles. The number of aromatic nitrogens is 2. The van der Waals surface area contributed by atoms with E-state index >= 15 is 0 Å². The molecule has 0 unspecified atom stereocenters. The molecule has 2 aromatic carbocycles. The smallest absolute Gasteiger partial charge is 0.259 e. The van der Waals surface area contributed by atoms with E-state index in [9.17, 15) is 9.18 Å². The van der Waals surface area contributed by atoms with Gasteiger partial charge in [-0.15, -0.1) is 12.4 Å². The van der Waals surface area contributed by atoms with Crippen LogP contribution >= 0.6 is 12.4 Å². The highest BCUT2D eigenvalue weighted by Gasteiger charge is 2.27. The Hall–Kier alpha value is -2.70. The van der Waals surface area contributed by atoms with Crippen molar-refractivity contribution in [1.82, 2.24) is 15.1 Å². The van der Waals surface area contributed by atoms with E-state index in [1.807, 2.05) is 10.7 Å². The number of halogens is 2. The summed E-state index contributed by atoms with van der Waals surface area (Å²) >= 11 is 0. The Labute approximate surface area is 182 Å². The SMILES string of the molecule is Cc1ccc(-n2ncc(C(=O)Nc3ccc(F)cc3)c2C2CCNCC2)cc1C.Cl. The van der Waals surface area contributed by atoms with Gasteiger partial charge in [0.25, 0.3) is 5.91 Å². The van der Waals surface area contributed by atoms with Gasteiger partial charge in [-0.25, -0.2) is 9.07 Å². The molecule has 5 nitrogen and oxygen atoms in total. The number of benzene rings is 2. The van der Waals surface area contributed by atoms with Crippen molar-refractivity contribution in [3.63, 3.8) is 0 Å². The van der Waals surface area contributed by atoms with E-state index in [-0.39, 0.29) is 30.0 Å². The van der Waals surface area contributed by atoms with E-state index in [0.29, 0.717) is 11.3 Å². The van der Waals surface area contributed by atoms with Crippen molar-refractivity contribution >= 4 is 24.0 Å². The Morgan fingerprint density at radius 1 is 1.10 bits per heavy atom. The van der Waals surface area contributed by atoms with E-state index < -0.39 is 0 Å². The van der Waals surface area contributed by atoms with Gasteiger partial charge < -0.3 is 10.6 Å². The minimum absolute atomic E-state index is 0. The lowest BCUT2D eigenvalue weighted by atomic mass is 9.91. The monoisotopic (exact) mass is 428 g/mol. The maximum absolute atomic E-state index is 13.2. The molecule has 1 saturated heterocycles. The molecule has 0 bridgehead atoms. The number of aryl methyl sites for hydroxylation is 2. The maximum Gasteiger partial charge on any atom is 0.259 e. The third-order valence-electron chi connectivity index (χ3n) is 5.61. The molecule has 2 N–H and O–H groups in total. The molecule has 7 heteroatoms. The fourth-order valence-corrected chi connectivity index (χ4v) is 3.82. The van der Waals surface area contributed by atoms with Crippen LogP contribution in [0.1, 0.15) is 45.9 Å². The lowest BCUT2D eigenvalue weighted by molar-refractivity contribution is 0.102. The summed E-state index contributed by atoms with van der Waals surface area (Å²) in [4.78, 5) is 13.1. The van der Waals surface area contributed by atoms with Crippen molar-refractivity contribution in [3.8, 4) is 5.69 Å². The number of amides is 1. The molecule has 1 fully saturated rings. The lowest BCUT2D eigenvalue weighted by Crippen LogP contribution is -2.29. The Kier molecular flexibility index (Phi) is 6.90. The molecule has 4 rings (SSSR count). The molecule has 3 aromatic rings. The minimum Gasteiger partial charge on any atom is -0.322 e. The average Bonchev–Trinajstić information content (AvgIpc) is 3.18. The summed E-state index contributed by atoms with van der Waals surface area (Å²) in [5.41, 5.74) is 5.44. The molecule has 2 heterocycles. The highest BCUT2D eigenvalue weighted by Crippen LogP contribution is 2.31. The molecular weight excluding hydrogens is 403 g/mol. The Morgan fingerprint density at radius 2 is 1.80 bits per heavy atom. The van der Waals surface area contributed by atoms with Gasteiger partial charge >= 0.3 is 0 Å². The van der Waals surface area contributed by atoms with Crippen LogP contribution in [0.4, 0.5) is 10.1 Å². The number of carbonyl (C=O) groups excluding carboxylic acids is 1. The first kappa shape index (κ1) is 22.0. The van der Waals surface area contributed by atoms with E-state index in [2.05, 4.69) is 41.7 Å². The molecule has 0 atom stereocenters. The van der Waals surface area contributed by atoms with Crippen molar-refractivity contribution in [1.29, 1.82) is 0 Å². The second kappa shape index (κ2) is 9.41. The fraction of sp³-hybridized carbons (Fsp3) is 0.304. The topological polar surface area (TPSA) is 59.0 Å². The van der Waals surface area contributed by atoms with Crippen LogP contribution in [0.25, 0.3) is 5.69 Å². The van der Waals surface area contributed by atoms with E-state index in [4.69, 9.17) is 0 Å². The van der Waals surface area contributed by atoms with Crippen molar-refractivity contribution in [2.75, 3.05) is 18.4 Å². The standard InChI is InChI=1S/C23H25FN4O.ClH/c1-15-3-8-20(13-16(15)2)28-22(17-9-11-25-12-10-17)21(14-26-28)23(29)27-19-6-4-18(24)5-7-19;/h3-8,13-14,17,25H,9-12H2,1-2H3,(H,27,29);1H. The maximum atomic E-state index is 13.2. The van der Waals surface area contributed by atoms with Gasteiger partial charge in [-0.3, -0.25) is 4.79 Å². The summed E-state index contributed by atoms with van der Waals surface area (Å²) in [5, 5.41) is 10.8. The van der Waals surface area contributed by atoms with Crippen LogP contribution in [0.15, 0.2) is 48.7 Å². The second-order valence-electron chi connectivity index (χ2n) is 7.61. The van der Waals surface area contributed by atoms with Crippen LogP contribution in [0.3, 0.4) is 0 Å². The number of hydrogen-bond acceptors (Lipinski definition) is 3. The predicted molar refractivity (Wildman–Crippen MR) is 119 cm³/mol. The molecule has 0 aliphatic carbocycles. The largest absolute Gasteiger partial charge is 0.322 e. The summed E-state index contributed by atoms with van der Waals surface area (Å²) in [5.74, 6) is -0.310. The fourth-order valence-electron chi connectivity index (χ4n) is 3.82. The Balaban J connectivity index is 0.00000256. The first-order valence-corrected chi connectivity index (χ1v) is 9.96. The normalized spacial score (nSPS) is 14.2. The summed E-state index contributed by atoms with van der Waals surface area (Å²) in [6.45, 7) is 6.00. The number of nitrogens with one attached hydrogen (secondary N) is 2. The van der Waals surface area contributed by atoms with Crippen molar-refractivity contribution < 1.29 is 9.18 Å². The predicted octanol–water partition coefficient (Wildman–Crippen LogP) is 4.77. The molecule has 1 amide bonds. The number of piperidine rings is 1. The van der Waals surface area contributed by atoms with Gasteiger partial charge in [0.2, 0.25) is 0 Å². The number of rotatable bonds is 4. The van der Waals surface area contributed by atoms with E-state index in [0.717, 1.165) is 37.3 Å². The van der Waals surface area contributed by atoms with Gasteiger partial charge in [-0.1, -0.05) is 6.07 Å². The van der Waals surface area contributed by atoms with Crippen molar-refractivity contribution in [2.45, 2.75) is 32.6 Å².